The Morgan fingerprint density at radius 1 is 1.36 bits per heavy atom. The van der Waals surface area contributed by atoms with Crippen LogP contribution in [0.5, 0.6) is 0 Å². The molecule has 0 saturated heterocycles. The first-order valence-electron chi connectivity index (χ1n) is 4.11. The highest BCUT2D eigenvalue weighted by molar-refractivity contribution is 5.49. The number of nitro benzene ring substituents is 1. The summed E-state index contributed by atoms with van der Waals surface area (Å²) in [5.74, 6) is 0. The van der Waals surface area contributed by atoms with E-state index in [2.05, 4.69) is 6.20 Å². The van der Waals surface area contributed by atoms with E-state index >= 15 is 0 Å². The summed E-state index contributed by atoms with van der Waals surface area (Å²) in [5, 5.41) is 10.3. The Morgan fingerprint density at radius 2 is 1.93 bits per heavy atom. The molecule has 0 spiro atoms. The topological polar surface area (TPSA) is 46.4 Å². The molecule has 14 heavy (non-hydrogen) atoms. The molecule has 0 saturated carbocycles. The maximum atomic E-state index is 10.3. The monoisotopic (exact) mass is 191 g/mol. The molecule has 0 heterocycles. The van der Waals surface area contributed by atoms with Crippen molar-refractivity contribution in [2.45, 2.75) is 0 Å². The predicted molar refractivity (Wildman–Crippen MR) is 54.5 cm³/mol. The number of hydrogen-bond acceptors (Lipinski definition) is 3. The van der Waals surface area contributed by atoms with Crippen LogP contribution in [0.1, 0.15) is 5.56 Å². The van der Waals surface area contributed by atoms with E-state index in [9.17, 15) is 10.1 Å². The van der Waals surface area contributed by atoms with Crippen LogP contribution in [0.2, 0.25) is 0 Å². The Labute approximate surface area is 82.6 Å². The fraction of sp³-hybridized carbons (Fsp3) is 0.200. The number of rotatable bonds is 3. The van der Waals surface area contributed by atoms with Gasteiger partial charge in [-0.15, -0.1) is 0 Å². The lowest BCUT2D eigenvalue weighted by atomic mass is 10.2. The first kappa shape index (κ1) is 10.2. The lowest BCUT2D eigenvalue weighted by Gasteiger charge is -2.01. The molecule has 0 aliphatic rings. The summed E-state index contributed by atoms with van der Waals surface area (Å²) < 4.78 is 0. The summed E-state index contributed by atoms with van der Waals surface area (Å²) in [4.78, 5) is 11.7. The van der Waals surface area contributed by atoms with E-state index in [0.717, 1.165) is 5.56 Å². The van der Waals surface area contributed by atoms with E-state index < -0.39 is 4.92 Å². The standard InChI is InChI=1S/C10H11N2O2/c1-11(2)8-7-9-3-5-10(6-4-9)12(13)14/h3-7H,1-2H3. The van der Waals surface area contributed by atoms with Gasteiger partial charge in [0.1, 0.15) is 0 Å². The number of benzene rings is 1. The Bertz CT molecular complexity index is 342. The molecule has 4 heteroatoms. The zero-order valence-corrected chi connectivity index (χ0v) is 8.10. The maximum Gasteiger partial charge on any atom is 0.269 e. The highest BCUT2D eigenvalue weighted by atomic mass is 16.6. The van der Waals surface area contributed by atoms with Crippen molar-refractivity contribution in [3.63, 3.8) is 0 Å². The van der Waals surface area contributed by atoms with Gasteiger partial charge in [0, 0.05) is 26.2 Å². The van der Waals surface area contributed by atoms with Crippen LogP contribution >= 0.6 is 0 Å². The predicted octanol–water partition coefficient (Wildman–Crippen LogP) is 1.93. The lowest BCUT2D eigenvalue weighted by molar-refractivity contribution is -0.384. The summed E-state index contributed by atoms with van der Waals surface area (Å²) >= 11 is 0. The average Bonchev–Trinajstić information content (AvgIpc) is 2.15. The zero-order valence-electron chi connectivity index (χ0n) is 8.10. The lowest BCUT2D eigenvalue weighted by Crippen LogP contribution is -2.00. The van der Waals surface area contributed by atoms with Gasteiger partial charge >= 0.3 is 0 Å². The minimum atomic E-state index is -0.414. The molecule has 0 aromatic heterocycles. The largest absolute Gasteiger partial charge is 0.376 e. The minimum absolute atomic E-state index is 0.104. The van der Waals surface area contributed by atoms with Crippen molar-refractivity contribution in [1.82, 2.24) is 4.90 Å². The van der Waals surface area contributed by atoms with Crippen molar-refractivity contribution in [3.8, 4) is 0 Å². The molecule has 0 atom stereocenters. The van der Waals surface area contributed by atoms with Gasteiger partial charge in [0.05, 0.1) is 11.1 Å². The third kappa shape index (κ3) is 2.90. The van der Waals surface area contributed by atoms with Gasteiger partial charge in [-0.2, -0.15) is 0 Å². The quantitative estimate of drug-likeness (QED) is 0.416. The van der Waals surface area contributed by atoms with Gasteiger partial charge in [-0.05, 0) is 23.8 Å². The summed E-state index contributed by atoms with van der Waals surface area (Å²) in [6.45, 7) is 0. The Morgan fingerprint density at radius 3 is 2.36 bits per heavy atom. The molecule has 73 valence electrons. The molecule has 0 aliphatic carbocycles. The second kappa shape index (κ2) is 4.41. The van der Waals surface area contributed by atoms with Crippen molar-refractivity contribution < 1.29 is 4.92 Å². The Hall–Kier alpha value is -1.84. The molecule has 1 aromatic rings. The Kier molecular flexibility index (Phi) is 3.23. The molecular weight excluding hydrogens is 180 g/mol. The summed E-state index contributed by atoms with van der Waals surface area (Å²) in [6.07, 6.45) is 4.72. The van der Waals surface area contributed by atoms with E-state index in [1.807, 2.05) is 14.1 Å². The molecule has 0 unspecified atom stereocenters. The van der Waals surface area contributed by atoms with Crippen molar-refractivity contribution >= 4 is 11.8 Å². The van der Waals surface area contributed by atoms with E-state index in [4.69, 9.17) is 0 Å². The molecule has 0 bridgehead atoms. The van der Waals surface area contributed by atoms with Gasteiger partial charge in [-0.1, -0.05) is 0 Å². The van der Waals surface area contributed by atoms with Gasteiger partial charge < -0.3 is 4.90 Å². The van der Waals surface area contributed by atoms with Crippen LogP contribution in [0.4, 0.5) is 5.69 Å². The summed E-state index contributed by atoms with van der Waals surface area (Å²) in [6, 6.07) is 6.33. The average molecular weight is 191 g/mol. The van der Waals surface area contributed by atoms with E-state index in [1.165, 1.54) is 12.1 Å². The number of hydrogen-bond donors (Lipinski definition) is 0. The highest BCUT2D eigenvalue weighted by Crippen LogP contribution is 2.12. The van der Waals surface area contributed by atoms with Crippen molar-refractivity contribution in [2.24, 2.45) is 0 Å². The minimum Gasteiger partial charge on any atom is -0.376 e. The van der Waals surface area contributed by atoms with Gasteiger partial charge in [0.25, 0.3) is 5.69 Å². The number of non-ortho nitro benzene ring substituents is 1. The molecule has 1 aromatic carbocycles. The summed E-state index contributed by atoms with van der Waals surface area (Å²) in [5.41, 5.74) is 0.997. The second-order valence-corrected chi connectivity index (χ2v) is 3.02. The van der Waals surface area contributed by atoms with Gasteiger partial charge in [0.2, 0.25) is 0 Å². The van der Waals surface area contributed by atoms with Gasteiger partial charge in [-0.3, -0.25) is 10.1 Å². The third-order valence-corrected chi connectivity index (χ3v) is 1.59. The van der Waals surface area contributed by atoms with E-state index in [0.29, 0.717) is 0 Å². The molecule has 1 radical (unpaired) electrons. The number of nitro groups is 1. The molecule has 0 amide bonds. The smallest absolute Gasteiger partial charge is 0.269 e. The van der Waals surface area contributed by atoms with Crippen LogP contribution in [0.25, 0.3) is 6.08 Å². The highest BCUT2D eigenvalue weighted by Gasteiger charge is 2.01. The van der Waals surface area contributed by atoms with Crippen molar-refractivity contribution in [3.05, 3.63) is 46.1 Å². The van der Waals surface area contributed by atoms with E-state index in [-0.39, 0.29) is 5.69 Å². The second-order valence-electron chi connectivity index (χ2n) is 3.02. The third-order valence-electron chi connectivity index (χ3n) is 1.59. The van der Waals surface area contributed by atoms with Crippen LogP contribution in [-0.2, 0) is 0 Å². The van der Waals surface area contributed by atoms with E-state index in [1.54, 1.807) is 23.1 Å². The zero-order chi connectivity index (χ0) is 10.6. The number of nitrogens with zero attached hydrogens (tertiary/aromatic N) is 2. The van der Waals surface area contributed by atoms with Crippen molar-refractivity contribution in [2.75, 3.05) is 14.1 Å². The molecule has 0 N–H and O–H groups in total. The molecule has 0 aliphatic heterocycles. The van der Waals surface area contributed by atoms with Crippen LogP contribution in [0.15, 0.2) is 24.3 Å². The fourth-order valence-corrected chi connectivity index (χ4v) is 0.896. The van der Waals surface area contributed by atoms with Gasteiger partial charge in [-0.25, -0.2) is 0 Å². The fourth-order valence-electron chi connectivity index (χ4n) is 0.896. The molecular formula is C10H11N2O2. The Balaban J connectivity index is 2.78. The normalized spacial score (nSPS) is 10.4. The maximum absolute atomic E-state index is 10.3. The first-order chi connectivity index (χ1) is 6.59. The molecule has 1 rings (SSSR count). The van der Waals surface area contributed by atoms with Gasteiger partial charge in [0.15, 0.2) is 0 Å². The van der Waals surface area contributed by atoms with Crippen LogP contribution < -0.4 is 0 Å². The first-order valence-corrected chi connectivity index (χ1v) is 4.11. The molecule has 4 nitrogen and oxygen atoms in total. The molecule has 0 fully saturated rings. The van der Waals surface area contributed by atoms with Crippen LogP contribution in [0, 0.1) is 16.3 Å². The van der Waals surface area contributed by atoms with Crippen LogP contribution in [0.3, 0.4) is 0 Å². The SMILES string of the molecule is CN(C)/[C]=C\c1ccc([N+](=O)[O-])cc1. The van der Waals surface area contributed by atoms with Crippen LogP contribution in [-0.4, -0.2) is 23.9 Å². The summed E-state index contributed by atoms with van der Waals surface area (Å²) in [7, 11) is 3.73. The van der Waals surface area contributed by atoms with Crippen molar-refractivity contribution in [1.29, 1.82) is 0 Å².